The van der Waals surface area contributed by atoms with Gasteiger partial charge in [0.2, 0.25) is 0 Å². The van der Waals surface area contributed by atoms with E-state index in [9.17, 15) is 0 Å². The molecule has 0 aromatic carbocycles. The summed E-state index contributed by atoms with van der Waals surface area (Å²) in [6, 6.07) is 2.05. The van der Waals surface area contributed by atoms with Crippen LogP contribution in [0.5, 0.6) is 0 Å². The summed E-state index contributed by atoms with van der Waals surface area (Å²) >= 11 is 1.50. The molecule has 0 aliphatic rings. The van der Waals surface area contributed by atoms with Crippen LogP contribution in [0.2, 0.25) is 0 Å². The third kappa shape index (κ3) is 3.14. The SMILES string of the molecule is [CH]=CC=CCCc1ccsn1. The average Bonchev–Trinajstić information content (AvgIpc) is 2.50. The summed E-state index contributed by atoms with van der Waals surface area (Å²) in [4.78, 5) is 0. The van der Waals surface area contributed by atoms with E-state index < -0.39 is 0 Å². The van der Waals surface area contributed by atoms with Crippen LogP contribution in [0.25, 0.3) is 0 Å². The van der Waals surface area contributed by atoms with Crippen molar-refractivity contribution in [2.24, 2.45) is 0 Å². The van der Waals surface area contributed by atoms with Crippen LogP contribution in [0, 0.1) is 6.58 Å². The molecule has 0 bridgehead atoms. The van der Waals surface area contributed by atoms with Gasteiger partial charge in [-0.15, -0.1) is 0 Å². The summed E-state index contributed by atoms with van der Waals surface area (Å²) < 4.78 is 4.18. The largest absolute Gasteiger partial charge is 0.198 e. The topological polar surface area (TPSA) is 12.9 Å². The van der Waals surface area contributed by atoms with Gasteiger partial charge in [0.1, 0.15) is 0 Å². The van der Waals surface area contributed by atoms with Crippen molar-refractivity contribution in [2.75, 3.05) is 0 Å². The molecule has 0 spiro atoms. The molecular weight excluding hydrogens is 154 g/mol. The van der Waals surface area contributed by atoms with Crippen molar-refractivity contribution in [3.8, 4) is 0 Å². The van der Waals surface area contributed by atoms with Crippen LogP contribution in [0.1, 0.15) is 12.1 Å². The molecule has 57 valence electrons. The number of hydrogen-bond acceptors (Lipinski definition) is 2. The first-order valence-electron chi connectivity index (χ1n) is 3.53. The first-order chi connectivity index (χ1) is 5.43. The van der Waals surface area contributed by atoms with Gasteiger partial charge in [0, 0.05) is 5.38 Å². The molecule has 0 unspecified atom stereocenters. The number of hydrogen-bond donors (Lipinski definition) is 0. The molecular formula is C9H10NS. The highest BCUT2D eigenvalue weighted by Crippen LogP contribution is 2.03. The molecule has 0 saturated carbocycles. The Morgan fingerprint density at radius 3 is 3.18 bits per heavy atom. The van der Waals surface area contributed by atoms with Crippen molar-refractivity contribution < 1.29 is 0 Å². The van der Waals surface area contributed by atoms with Gasteiger partial charge in [-0.3, -0.25) is 0 Å². The zero-order chi connectivity index (χ0) is 7.94. The van der Waals surface area contributed by atoms with Crippen molar-refractivity contribution in [1.82, 2.24) is 4.37 Å². The molecule has 0 fully saturated rings. The minimum Gasteiger partial charge on any atom is -0.198 e. The van der Waals surface area contributed by atoms with Gasteiger partial charge < -0.3 is 0 Å². The van der Waals surface area contributed by atoms with Crippen molar-refractivity contribution in [1.29, 1.82) is 0 Å². The zero-order valence-corrected chi connectivity index (χ0v) is 7.05. The molecule has 0 aliphatic heterocycles. The van der Waals surface area contributed by atoms with Crippen LogP contribution < -0.4 is 0 Å². The first kappa shape index (κ1) is 8.21. The van der Waals surface area contributed by atoms with Gasteiger partial charge >= 0.3 is 0 Å². The fraction of sp³-hybridized carbons (Fsp3) is 0.222. The lowest BCUT2D eigenvalue weighted by molar-refractivity contribution is 0.971. The molecule has 1 rings (SSSR count). The zero-order valence-electron chi connectivity index (χ0n) is 6.23. The predicted molar refractivity (Wildman–Crippen MR) is 48.4 cm³/mol. The van der Waals surface area contributed by atoms with E-state index in [4.69, 9.17) is 6.58 Å². The summed E-state index contributed by atoms with van der Waals surface area (Å²) in [6.07, 6.45) is 7.46. The number of rotatable bonds is 4. The summed E-state index contributed by atoms with van der Waals surface area (Å²) in [5.74, 6) is 0. The van der Waals surface area contributed by atoms with E-state index >= 15 is 0 Å². The number of allylic oxidation sites excluding steroid dienone is 3. The van der Waals surface area contributed by atoms with E-state index in [-0.39, 0.29) is 0 Å². The highest BCUT2D eigenvalue weighted by Gasteiger charge is 1.90. The standard InChI is InChI=1S/C9H10NS/c1-2-3-4-5-6-9-7-8-11-10-9/h1-4,7-8H,5-6H2. The lowest BCUT2D eigenvalue weighted by Crippen LogP contribution is -1.80. The molecule has 1 aromatic heterocycles. The Kier molecular flexibility index (Phi) is 3.62. The summed E-state index contributed by atoms with van der Waals surface area (Å²) in [5, 5.41) is 1.99. The third-order valence-corrected chi connectivity index (χ3v) is 1.90. The minimum absolute atomic E-state index is 1.01. The molecule has 0 aliphatic carbocycles. The smallest absolute Gasteiger partial charge is 0.0545 e. The highest BCUT2D eigenvalue weighted by molar-refractivity contribution is 7.03. The van der Waals surface area contributed by atoms with Crippen molar-refractivity contribution in [3.05, 3.63) is 41.9 Å². The van der Waals surface area contributed by atoms with Crippen molar-refractivity contribution >= 4 is 11.5 Å². The normalized spacial score (nSPS) is 10.5. The molecule has 11 heavy (non-hydrogen) atoms. The van der Waals surface area contributed by atoms with Crippen LogP contribution >= 0.6 is 11.5 Å². The maximum atomic E-state index is 5.16. The lowest BCUT2D eigenvalue weighted by Gasteiger charge is -1.87. The minimum atomic E-state index is 1.01. The van der Waals surface area contributed by atoms with Gasteiger partial charge in [0.25, 0.3) is 0 Å². The predicted octanol–water partition coefficient (Wildman–Crippen LogP) is 2.62. The van der Waals surface area contributed by atoms with Crippen molar-refractivity contribution in [2.45, 2.75) is 12.8 Å². The van der Waals surface area contributed by atoms with Crippen LogP contribution in [-0.2, 0) is 6.42 Å². The van der Waals surface area contributed by atoms with E-state index in [1.165, 1.54) is 11.5 Å². The number of nitrogens with zero attached hydrogens (tertiary/aromatic N) is 1. The lowest BCUT2D eigenvalue weighted by atomic mass is 10.2. The second-order valence-corrected chi connectivity index (χ2v) is 2.82. The molecule has 1 heterocycles. The maximum absolute atomic E-state index is 5.16. The summed E-state index contributed by atoms with van der Waals surface area (Å²) in [7, 11) is 0. The Bertz CT molecular complexity index is 224. The van der Waals surface area contributed by atoms with Crippen LogP contribution in [0.15, 0.2) is 29.7 Å². The summed E-state index contributed by atoms with van der Waals surface area (Å²) in [6.45, 7) is 5.16. The third-order valence-electron chi connectivity index (χ3n) is 1.31. The molecule has 2 heteroatoms. The van der Waals surface area contributed by atoms with E-state index in [2.05, 4.69) is 4.37 Å². The Labute approximate surface area is 71.2 Å². The van der Waals surface area contributed by atoms with E-state index in [0.29, 0.717) is 0 Å². The molecule has 1 nitrogen and oxygen atoms in total. The fourth-order valence-electron chi connectivity index (χ4n) is 0.773. The Morgan fingerprint density at radius 1 is 1.64 bits per heavy atom. The Balaban J connectivity index is 2.23. The average molecular weight is 164 g/mol. The maximum Gasteiger partial charge on any atom is 0.0545 e. The molecule has 0 saturated heterocycles. The second-order valence-electron chi connectivity index (χ2n) is 2.15. The highest BCUT2D eigenvalue weighted by atomic mass is 32.1. The van der Waals surface area contributed by atoms with Crippen molar-refractivity contribution in [3.63, 3.8) is 0 Å². The molecule has 0 N–H and O–H groups in total. The van der Waals surface area contributed by atoms with Crippen LogP contribution in [0.4, 0.5) is 0 Å². The quantitative estimate of drug-likeness (QED) is 0.623. The summed E-state index contributed by atoms with van der Waals surface area (Å²) in [5.41, 5.74) is 1.16. The van der Waals surface area contributed by atoms with Gasteiger partial charge in [-0.2, -0.15) is 4.37 Å². The monoisotopic (exact) mass is 164 g/mol. The Morgan fingerprint density at radius 2 is 2.55 bits per heavy atom. The first-order valence-corrected chi connectivity index (χ1v) is 4.36. The van der Waals surface area contributed by atoms with E-state index in [1.807, 2.05) is 23.6 Å². The molecule has 0 amide bonds. The molecule has 0 atom stereocenters. The van der Waals surface area contributed by atoms with Gasteiger partial charge in [-0.25, -0.2) is 0 Å². The second kappa shape index (κ2) is 4.85. The number of aromatic nitrogens is 1. The van der Waals surface area contributed by atoms with Gasteiger partial charge in [-0.1, -0.05) is 24.8 Å². The number of aryl methyl sites for hydroxylation is 1. The van der Waals surface area contributed by atoms with Gasteiger partial charge in [0.05, 0.1) is 5.69 Å². The van der Waals surface area contributed by atoms with Crippen LogP contribution in [-0.4, -0.2) is 4.37 Å². The van der Waals surface area contributed by atoms with E-state index in [0.717, 1.165) is 18.5 Å². The van der Waals surface area contributed by atoms with Crippen LogP contribution in [0.3, 0.4) is 0 Å². The molecule has 1 aromatic rings. The molecule has 1 radical (unpaired) electrons. The van der Waals surface area contributed by atoms with E-state index in [1.54, 1.807) is 6.08 Å². The van der Waals surface area contributed by atoms with Gasteiger partial charge in [-0.05, 0) is 30.4 Å². The Hall–Kier alpha value is -0.890. The fourth-order valence-corrected chi connectivity index (χ4v) is 1.34. The van der Waals surface area contributed by atoms with Gasteiger partial charge in [0.15, 0.2) is 0 Å².